The first kappa shape index (κ1) is 13.2. The molecule has 3 nitrogen and oxygen atoms in total. The molecule has 0 fully saturated rings. The van der Waals surface area contributed by atoms with Crippen molar-refractivity contribution >= 4 is 24.0 Å². The molecule has 0 aromatic carbocycles. The molecule has 0 amide bonds. The van der Waals surface area contributed by atoms with Gasteiger partial charge in [0.15, 0.2) is 0 Å². The summed E-state index contributed by atoms with van der Waals surface area (Å²) in [5, 5.41) is 16.9. The minimum Gasteiger partial charge on any atom is -0.396 e. The highest BCUT2D eigenvalue weighted by Gasteiger charge is 2.15. The van der Waals surface area contributed by atoms with E-state index in [1.165, 1.54) is 0 Å². The average Bonchev–Trinajstić information content (AvgIpc) is 1.64. The van der Waals surface area contributed by atoms with Crippen LogP contribution in [0.5, 0.6) is 0 Å². The van der Waals surface area contributed by atoms with Crippen molar-refractivity contribution in [1.82, 2.24) is 0 Å². The topological polar surface area (TPSA) is 66.5 Å². The molecule has 0 aliphatic heterocycles. The van der Waals surface area contributed by atoms with Crippen LogP contribution in [0.3, 0.4) is 0 Å². The molecule has 64 valence electrons. The van der Waals surface area contributed by atoms with E-state index in [4.69, 9.17) is 15.9 Å². The zero-order valence-electron chi connectivity index (χ0n) is 6.21. The summed E-state index contributed by atoms with van der Waals surface area (Å²) in [4.78, 5) is 0. The zero-order chi connectivity index (χ0) is 7.33. The number of rotatable bonds is 4. The maximum absolute atomic E-state index is 8.47. The molecule has 4 heteroatoms. The number of aliphatic hydroxyl groups excluding tert-OH is 2. The summed E-state index contributed by atoms with van der Waals surface area (Å²) in [6.07, 6.45) is 1.10. The van der Waals surface area contributed by atoms with Crippen molar-refractivity contribution in [2.24, 2.45) is 5.73 Å². The molecule has 10 heavy (non-hydrogen) atoms. The first-order chi connectivity index (χ1) is 4.12. The molecule has 0 spiro atoms. The smallest absolute Gasteiger partial charge is 0.0448 e. The lowest BCUT2D eigenvalue weighted by atomic mass is 9.96. The molecule has 0 saturated heterocycles. The predicted octanol–water partition coefficient (Wildman–Crippen LogP) is 0.0866. The Morgan fingerprint density at radius 1 is 1.20 bits per heavy atom. The molecule has 0 aromatic rings. The van der Waals surface area contributed by atoms with E-state index in [-0.39, 0.29) is 37.2 Å². The van der Waals surface area contributed by atoms with Crippen LogP contribution in [0, 0.1) is 0 Å². The van der Waals surface area contributed by atoms with Crippen molar-refractivity contribution in [2.45, 2.75) is 25.3 Å². The Morgan fingerprint density at radius 2 is 1.50 bits per heavy atom. The Kier molecular flexibility index (Phi) is 8.36. The van der Waals surface area contributed by atoms with Crippen molar-refractivity contribution in [3.8, 4) is 0 Å². The van der Waals surface area contributed by atoms with Crippen LogP contribution in [0.1, 0.15) is 19.8 Å². The molecule has 0 bridgehead atoms. The normalized spacial score (nSPS) is 10.8. The lowest BCUT2D eigenvalue weighted by molar-refractivity contribution is 0.203. The second kappa shape index (κ2) is 6.33. The van der Waals surface area contributed by atoms with Crippen LogP contribution in [0.4, 0.5) is 0 Å². The lowest BCUT2D eigenvalue weighted by Gasteiger charge is -2.21. The Morgan fingerprint density at radius 3 is 1.70 bits per heavy atom. The maximum Gasteiger partial charge on any atom is 0.0448 e. The first-order valence-electron chi connectivity index (χ1n) is 3.13. The minimum atomic E-state index is -0.399. The van der Waals surface area contributed by atoms with E-state index in [1.54, 1.807) is 0 Å². The third-order valence-corrected chi connectivity index (χ3v) is 1.37. The van der Waals surface area contributed by atoms with Gasteiger partial charge in [0.1, 0.15) is 0 Å². The summed E-state index contributed by atoms with van der Waals surface area (Å²) in [5.41, 5.74) is 5.22. The van der Waals surface area contributed by atoms with E-state index >= 15 is 0 Å². The Bertz CT molecular complexity index is 70.1. The van der Waals surface area contributed by atoms with Crippen molar-refractivity contribution in [3.05, 3.63) is 0 Å². The molecule has 0 heterocycles. The maximum atomic E-state index is 8.47. The largest absolute Gasteiger partial charge is 0.396 e. The van der Waals surface area contributed by atoms with Crippen molar-refractivity contribution in [3.63, 3.8) is 0 Å². The van der Waals surface area contributed by atoms with Gasteiger partial charge in [0, 0.05) is 18.8 Å². The van der Waals surface area contributed by atoms with Gasteiger partial charge in [0.2, 0.25) is 0 Å². The van der Waals surface area contributed by atoms with Crippen LogP contribution < -0.4 is 5.73 Å². The van der Waals surface area contributed by atoms with E-state index in [0.717, 1.165) is 0 Å². The van der Waals surface area contributed by atoms with E-state index in [2.05, 4.69) is 0 Å². The fraction of sp³-hybridized carbons (Fsp3) is 1.00. The molecule has 0 rings (SSSR count). The summed E-state index contributed by atoms with van der Waals surface area (Å²) in [6.45, 7) is 2.00. The number of hydrogen-bond acceptors (Lipinski definition) is 3. The SMILES string of the molecule is CC(N)(CCO)CCO.I. The van der Waals surface area contributed by atoms with E-state index in [9.17, 15) is 0 Å². The van der Waals surface area contributed by atoms with Crippen LogP contribution in [-0.4, -0.2) is 29.0 Å². The zero-order valence-corrected chi connectivity index (χ0v) is 8.54. The molecule has 4 N–H and O–H groups in total. The third kappa shape index (κ3) is 6.73. The highest BCUT2D eigenvalue weighted by atomic mass is 127. The van der Waals surface area contributed by atoms with Gasteiger partial charge in [0.25, 0.3) is 0 Å². The Labute approximate surface area is 78.6 Å². The summed E-state index contributed by atoms with van der Waals surface area (Å²) in [7, 11) is 0. The summed E-state index contributed by atoms with van der Waals surface area (Å²) in [6, 6.07) is 0. The van der Waals surface area contributed by atoms with Crippen molar-refractivity contribution in [1.29, 1.82) is 0 Å². The summed E-state index contributed by atoms with van der Waals surface area (Å²) >= 11 is 0. The van der Waals surface area contributed by atoms with Gasteiger partial charge in [-0.3, -0.25) is 0 Å². The van der Waals surface area contributed by atoms with Crippen molar-refractivity contribution in [2.75, 3.05) is 13.2 Å². The molecule has 0 saturated carbocycles. The van der Waals surface area contributed by atoms with Gasteiger partial charge >= 0.3 is 0 Å². The number of aliphatic hydroxyl groups is 2. The second-order valence-electron chi connectivity index (χ2n) is 2.60. The fourth-order valence-corrected chi connectivity index (χ4v) is 0.636. The molecule has 0 aliphatic rings. The monoisotopic (exact) mass is 261 g/mol. The predicted molar refractivity (Wildman–Crippen MR) is 51.4 cm³/mol. The van der Waals surface area contributed by atoms with Gasteiger partial charge in [-0.05, 0) is 19.8 Å². The highest BCUT2D eigenvalue weighted by Crippen LogP contribution is 2.08. The Balaban J connectivity index is 0. The molecule has 0 aromatic heterocycles. The highest BCUT2D eigenvalue weighted by molar-refractivity contribution is 14.0. The van der Waals surface area contributed by atoms with E-state index < -0.39 is 5.54 Å². The summed E-state index contributed by atoms with van der Waals surface area (Å²) in [5.74, 6) is 0. The first-order valence-corrected chi connectivity index (χ1v) is 3.13. The minimum absolute atomic E-state index is 0. The van der Waals surface area contributed by atoms with Gasteiger partial charge in [-0.1, -0.05) is 0 Å². The van der Waals surface area contributed by atoms with Gasteiger partial charge in [-0.2, -0.15) is 0 Å². The quantitative estimate of drug-likeness (QED) is 0.628. The molecular weight excluding hydrogens is 245 g/mol. The summed E-state index contributed by atoms with van der Waals surface area (Å²) < 4.78 is 0. The lowest BCUT2D eigenvalue weighted by Crippen LogP contribution is -2.37. The van der Waals surface area contributed by atoms with Gasteiger partial charge in [-0.25, -0.2) is 0 Å². The third-order valence-electron chi connectivity index (χ3n) is 1.37. The van der Waals surface area contributed by atoms with E-state index in [1.807, 2.05) is 6.92 Å². The van der Waals surface area contributed by atoms with Crippen molar-refractivity contribution < 1.29 is 10.2 Å². The van der Waals surface area contributed by atoms with Crippen LogP contribution >= 0.6 is 24.0 Å². The van der Waals surface area contributed by atoms with Crippen LogP contribution in [0.15, 0.2) is 0 Å². The Hall–Kier alpha value is 0.610. The number of halogens is 1. The molecular formula is C6H16INO2. The number of nitrogens with two attached hydrogens (primary N) is 1. The van der Waals surface area contributed by atoms with Gasteiger partial charge < -0.3 is 15.9 Å². The number of hydrogen-bond donors (Lipinski definition) is 3. The standard InChI is InChI=1S/C6H15NO2.HI/c1-6(7,2-4-8)3-5-9;/h8-9H,2-5,7H2,1H3;1H. The molecule has 0 aliphatic carbocycles. The average molecular weight is 261 g/mol. The molecule has 0 unspecified atom stereocenters. The molecule has 0 radical (unpaired) electrons. The van der Waals surface area contributed by atoms with Crippen LogP contribution in [0.2, 0.25) is 0 Å². The molecule has 0 atom stereocenters. The van der Waals surface area contributed by atoms with Crippen LogP contribution in [0.25, 0.3) is 0 Å². The van der Waals surface area contributed by atoms with E-state index in [0.29, 0.717) is 12.8 Å². The fourth-order valence-electron chi connectivity index (χ4n) is 0.636. The van der Waals surface area contributed by atoms with Crippen LogP contribution in [-0.2, 0) is 0 Å². The van der Waals surface area contributed by atoms with Gasteiger partial charge in [-0.15, -0.1) is 24.0 Å². The second-order valence-corrected chi connectivity index (χ2v) is 2.60. The van der Waals surface area contributed by atoms with Gasteiger partial charge in [0.05, 0.1) is 0 Å².